The molecule has 2 heterocycles. The molecule has 3 heteroatoms. The van der Waals surface area contributed by atoms with E-state index in [4.69, 9.17) is 0 Å². The summed E-state index contributed by atoms with van der Waals surface area (Å²) in [6.45, 7) is 15.8. The first-order valence-electron chi connectivity index (χ1n) is 8.15. The molecule has 0 aromatic heterocycles. The number of rotatable bonds is 3. The molecular weight excluding hydrogens is 234 g/mol. The number of hydrogen-bond acceptors (Lipinski definition) is 3. The average Bonchev–Trinajstić information content (AvgIpc) is 2.34. The van der Waals surface area contributed by atoms with E-state index in [1.54, 1.807) is 0 Å². The van der Waals surface area contributed by atoms with Crippen molar-refractivity contribution in [2.24, 2.45) is 5.92 Å². The summed E-state index contributed by atoms with van der Waals surface area (Å²) in [6, 6.07) is 2.31. The van der Waals surface area contributed by atoms with Gasteiger partial charge in [-0.15, -0.1) is 0 Å². The zero-order valence-electron chi connectivity index (χ0n) is 13.6. The summed E-state index contributed by atoms with van der Waals surface area (Å²) in [5.41, 5.74) is 0. The Balaban J connectivity index is 1.89. The van der Waals surface area contributed by atoms with Crippen LogP contribution in [0, 0.1) is 5.92 Å². The van der Waals surface area contributed by atoms with Crippen molar-refractivity contribution < 1.29 is 0 Å². The highest BCUT2D eigenvalue weighted by atomic mass is 15.3. The standard InChI is InChI=1S/C16H33N3/c1-13(2)12-19-14(3)10-16(11-15(19)4)18-8-6-17(5)7-9-18/h13-16H,6-12H2,1-5H3/t14-,15+,16?. The predicted molar refractivity (Wildman–Crippen MR) is 82.6 cm³/mol. The zero-order chi connectivity index (χ0) is 14.0. The Morgan fingerprint density at radius 3 is 1.95 bits per heavy atom. The molecule has 3 atom stereocenters. The molecule has 0 spiro atoms. The van der Waals surface area contributed by atoms with Gasteiger partial charge in [-0.1, -0.05) is 13.8 Å². The Morgan fingerprint density at radius 2 is 1.47 bits per heavy atom. The topological polar surface area (TPSA) is 9.72 Å². The quantitative estimate of drug-likeness (QED) is 0.775. The summed E-state index contributed by atoms with van der Waals surface area (Å²) in [5.74, 6) is 0.782. The molecule has 0 aromatic rings. The first-order valence-corrected chi connectivity index (χ1v) is 8.15. The fraction of sp³-hybridized carbons (Fsp3) is 1.00. The second kappa shape index (κ2) is 6.55. The molecule has 0 N–H and O–H groups in total. The first-order chi connectivity index (χ1) is 8.97. The maximum absolute atomic E-state index is 2.75. The Morgan fingerprint density at radius 1 is 0.947 bits per heavy atom. The van der Waals surface area contributed by atoms with Gasteiger partial charge in [-0.05, 0) is 39.7 Å². The highest BCUT2D eigenvalue weighted by Crippen LogP contribution is 2.27. The third-order valence-corrected chi connectivity index (χ3v) is 4.99. The fourth-order valence-corrected chi connectivity index (χ4v) is 3.86. The lowest BCUT2D eigenvalue weighted by atomic mass is 9.90. The maximum atomic E-state index is 2.75. The van der Waals surface area contributed by atoms with E-state index in [9.17, 15) is 0 Å². The van der Waals surface area contributed by atoms with Gasteiger partial charge in [-0.25, -0.2) is 0 Å². The van der Waals surface area contributed by atoms with Crippen molar-refractivity contribution in [3.63, 3.8) is 0 Å². The summed E-state index contributed by atoms with van der Waals surface area (Å²) >= 11 is 0. The van der Waals surface area contributed by atoms with Gasteiger partial charge in [0.25, 0.3) is 0 Å². The van der Waals surface area contributed by atoms with Crippen LogP contribution in [0.4, 0.5) is 0 Å². The second-order valence-electron chi connectivity index (χ2n) is 7.25. The molecule has 0 amide bonds. The average molecular weight is 267 g/mol. The van der Waals surface area contributed by atoms with Crippen molar-refractivity contribution in [2.75, 3.05) is 39.8 Å². The molecule has 0 radical (unpaired) electrons. The van der Waals surface area contributed by atoms with E-state index in [0.717, 1.165) is 24.0 Å². The summed E-state index contributed by atoms with van der Waals surface area (Å²) in [7, 11) is 2.24. The molecule has 2 fully saturated rings. The molecule has 2 aliphatic heterocycles. The minimum Gasteiger partial charge on any atom is -0.304 e. The number of hydrogen-bond donors (Lipinski definition) is 0. The minimum absolute atomic E-state index is 0.746. The number of piperazine rings is 1. The third kappa shape index (κ3) is 3.93. The SMILES string of the molecule is CC(C)CN1[C@H](C)CC(N2CCN(C)CC2)C[C@@H]1C. The molecule has 0 saturated carbocycles. The van der Waals surface area contributed by atoms with Crippen LogP contribution in [-0.4, -0.2) is 72.6 Å². The monoisotopic (exact) mass is 267 g/mol. The van der Waals surface area contributed by atoms with Gasteiger partial charge < -0.3 is 4.90 Å². The van der Waals surface area contributed by atoms with E-state index in [-0.39, 0.29) is 0 Å². The van der Waals surface area contributed by atoms with E-state index in [1.165, 1.54) is 45.6 Å². The molecule has 2 saturated heterocycles. The number of likely N-dealkylation sites (tertiary alicyclic amines) is 1. The van der Waals surface area contributed by atoms with Crippen molar-refractivity contribution >= 4 is 0 Å². The van der Waals surface area contributed by atoms with Crippen LogP contribution in [0.3, 0.4) is 0 Å². The van der Waals surface area contributed by atoms with Gasteiger partial charge in [0, 0.05) is 50.8 Å². The normalized spacial score (nSPS) is 36.0. The molecule has 112 valence electrons. The van der Waals surface area contributed by atoms with Crippen molar-refractivity contribution in [1.29, 1.82) is 0 Å². The van der Waals surface area contributed by atoms with Crippen LogP contribution in [-0.2, 0) is 0 Å². The van der Waals surface area contributed by atoms with Crippen LogP contribution >= 0.6 is 0 Å². The van der Waals surface area contributed by atoms with Crippen molar-refractivity contribution in [3.05, 3.63) is 0 Å². The van der Waals surface area contributed by atoms with Gasteiger partial charge in [0.05, 0.1) is 0 Å². The number of nitrogens with zero attached hydrogens (tertiary/aromatic N) is 3. The first kappa shape index (κ1) is 15.3. The lowest BCUT2D eigenvalue weighted by molar-refractivity contribution is 0.0118. The molecule has 2 rings (SSSR count). The van der Waals surface area contributed by atoms with Crippen LogP contribution in [0.2, 0.25) is 0 Å². The molecule has 19 heavy (non-hydrogen) atoms. The molecule has 2 aliphatic rings. The number of piperidine rings is 1. The van der Waals surface area contributed by atoms with Crippen LogP contribution in [0.1, 0.15) is 40.5 Å². The molecule has 1 unspecified atom stereocenters. The smallest absolute Gasteiger partial charge is 0.0126 e. The van der Waals surface area contributed by atoms with Gasteiger partial charge in [-0.2, -0.15) is 0 Å². The Labute approximate surface area is 119 Å². The van der Waals surface area contributed by atoms with E-state index in [2.05, 4.69) is 49.4 Å². The van der Waals surface area contributed by atoms with Gasteiger partial charge in [0.15, 0.2) is 0 Å². The van der Waals surface area contributed by atoms with Gasteiger partial charge in [0.1, 0.15) is 0 Å². The summed E-state index contributed by atoms with van der Waals surface area (Å²) in [5, 5.41) is 0. The van der Waals surface area contributed by atoms with Crippen LogP contribution in [0.5, 0.6) is 0 Å². The maximum Gasteiger partial charge on any atom is 0.0126 e. The summed E-state index contributed by atoms with van der Waals surface area (Å²) in [6.07, 6.45) is 2.72. The zero-order valence-corrected chi connectivity index (χ0v) is 13.6. The molecular formula is C16H33N3. The highest BCUT2D eigenvalue weighted by molar-refractivity contribution is 4.90. The predicted octanol–water partition coefficient (Wildman–Crippen LogP) is 2.13. The minimum atomic E-state index is 0.746. The van der Waals surface area contributed by atoms with Gasteiger partial charge in [0.2, 0.25) is 0 Å². The molecule has 0 bridgehead atoms. The van der Waals surface area contributed by atoms with E-state index >= 15 is 0 Å². The molecule has 0 aromatic carbocycles. The second-order valence-corrected chi connectivity index (χ2v) is 7.25. The van der Waals surface area contributed by atoms with Crippen molar-refractivity contribution in [3.8, 4) is 0 Å². The lowest BCUT2D eigenvalue weighted by Crippen LogP contribution is -2.57. The van der Waals surface area contributed by atoms with Gasteiger partial charge >= 0.3 is 0 Å². The van der Waals surface area contributed by atoms with E-state index < -0.39 is 0 Å². The summed E-state index contributed by atoms with van der Waals surface area (Å²) < 4.78 is 0. The number of likely N-dealkylation sites (N-methyl/N-ethyl adjacent to an activating group) is 1. The largest absolute Gasteiger partial charge is 0.304 e. The Hall–Kier alpha value is -0.120. The van der Waals surface area contributed by atoms with Gasteiger partial charge in [-0.3, -0.25) is 9.80 Å². The lowest BCUT2D eigenvalue weighted by Gasteiger charge is -2.48. The van der Waals surface area contributed by atoms with Crippen LogP contribution < -0.4 is 0 Å². The van der Waals surface area contributed by atoms with Crippen LogP contribution in [0.25, 0.3) is 0 Å². The summed E-state index contributed by atoms with van der Waals surface area (Å²) in [4.78, 5) is 7.94. The van der Waals surface area contributed by atoms with Crippen LogP contribution in [0.15, 0.2) is 0 Å². The van der Waals surface area contributed by atoms with E-state index in [0.29, 0.717) is 0 Å². The third-order valence-electron chi connectivity index (χ3n) is 4.99. The molecule has 3 nitrogen and oxygen atoms in total. The fourth-order valence-electron chi connectivity index (χ4n) is 3.86. The Kier molecular flexibility index (Phi) is 5.27. The highest BCUT2D eigenvalue weighted by Gasteiger charge is 2.34. The Bertz CT molecular complexity index is 259. The van der Waals surface area contributed by atoms with Crippen molar-refractivity contribution in [2.45, 2.75) is 58.7 Å². The molecule has 0 aliphatic carbocycles. The van der Waals surface area contributed by atoms with E-state index in [1.807, 2.05) is 0 Å². The van der Waals surface area contributed by atoms with Crippen molar-refractivity contribution in [1.82, 2.24) is 14.7 Å².